The average molecular weight is 306 g/mol. The molecule has 0 bridgehead atoms. The molecule has 18 heavy (non-hydrogen) atoms. The highest BCUT2D eigenvalue weighted by Crippen LogP contribution is 2.23. The predicted octanol–water partition coefficient (Wildman–Crippen LogP) is 1.47. The number of aromatic nitrogens is 2. The number of aromatic amines is 1. The van der Waals surface area contributed by atoms with Gasteiger partial charge in [0, 0.05) is 10.7 Å². The standard InChI is InChI=1S/C12H8BrN3O2/c1-7-3-2-4-9(10(7)13)16-6-8(5-14)11(17)15-12(16)18/h2-4,6H,1H3,(H,15,17,18). The van der Waals surface area contributed by atoms with Crippen molar-refractivity contribution in [3.05, 3.63) is 60.8 Å². The lowest BCUT2D eigenvalue weighted by atomic mass is 10.2. The van der Waals surface area contributed by atoms with Crippen LogP contribution in [-0.2, 0) is 0 Å². The van der Waals surface area contributed by atoms with Crippen LogP contribution in [0.4, 0.5) is 0 Å². The van der Waals surface area contributed by atoms with Gasteiger partial charge in [-0.3, -0.25) is 14.3 Å². The van der Waals surface area contributed by atoms with Crippen molar-refractivity contribution in [1.82, 2.24) is 9.55 Å². The number of nitrogens with one attached hydrogen (secondary N) is 1. The van der Waals surface area contributed by atoms with Crippen LogP contribution in [0.2, 0.25) is 0 Å². The van der Waals surface area contributed by atoms with Gasteiger partial charge in [0.1, 0.15) is 11.6 Å². The third-order valence-corrected chi connectivity index (χ3v) is 3.53. The van der Waals surface area contributed by atoms with Gasteiger partial charge in [0.05, 0.1) is 5.69 Å². The van der Waals surface area contributed by atoms with E-state index < -0.39 is 11.2 Å². The second-order valence-corrected chi connectivity index (χ2v) is 4.48. The second kappa shape index (κ2) is 4.63. The summed E-state index contributed by atoms with van der Waals surface area (Å²) < 4.78 is 1.97. The van der Waals surface area contributed by atoms with E-state index in [0.29, 0.717) is 5.69 Å². The minimum Gasteiger partial charge on any atom is -0.273 e. The van der Waals surface area contributed by atoms with Gasteiger partial charge >= 0.3 is 5.69 Å². The third kappa shape index (κ3) is 2.00. The number of hydrogen-bond acceptors (Lipinski definition) is 3. The first-order valence-electron chi connectivity index (χ1n) is 5.06. The zero-order valence-corrected chi connectivity index (χ0v) is 11.0. The van der Waals surface area contributed by atoms with E-state index in [1.165, 1.54) is 10.8 Å². The number of hydrogen-bond donors (Lipinski definition) is 1. The van der Waals surface area contributed by atoms with Crippen molar-refractivity contribution in [2.24, 2.45) is 0 Å². The highest BCUT2D eigenvalue weighted by molar-refractivity contribution is 9.10. The van der Waals surface area contributed by atoms with Crippen molar-refractivity contribution in [3.63, 3.8) is 0 Å². The van der Waals surface area contributed by atoms with E-state index in [-0.39, 0.29) is 5.56 Å². The first-order chi connectivity index (χ1) is 8.54. The molecule has 1 aromatic carbocycles. The molecule has 6 heteroatoms. The van der Waals surface area contributed by atoms with Gasteiger partial charge in [-0.05, 0) is 34.5 Å². The van der Waals surface area contributed by atoms with Gasteiger partial charge in [0.25, 0.3) is 5.56 Å². The Balaban J connectivity index is 2.81. The Labute approximate surface area is 110 Å². The molecule has 0 unspecified atom stereocenters. The number of nitrogens with zero attached hydrogens (tertiary/aromatic N) is 2. The lowest BCUT2D eigenvalue weighted by Crippen LogP contribution is -2.30. The average Bonchev–Trinajstić information content (AvgIpc) is 2.34. The van der Waals surface area contributed by atoms with Crippen LogP contribution in [0, 0.1) is 18.3 Å². The third-order valence-electron chi connectivity index (χ3n) is 2.49. The fourth-order valence-corrected chi connectivity index (χ4v) is 2.00. The molecule has 0 saturated heterocycles. The highest BCUT2D eigenvalue weighted by Gasteiger charge is 2.09. The molecule has 0 aliphatic rings. The summed E-state index contributed by atoms with van der Waals surface area (Å²) in [5.74, 6) is 0. The quantitative estimate of drug-likeness (QED) is 0.866. The Kier molecular flexibility index (Phi) is 3.17. The van der Waals surface area contributed by atoms with Gasteiger partial charge in [-0.15, -0.1) is 0 Å². The molecule has 0 fully saturated rings. The van der Waals surface area contributed by atoms with Crippen LogP contribution in [-0.4, -0.2) is 9.55 Å². The van der Waals surface area contributed by atoms with Crippen LogP contribution >= 0.6 is 15.9 Å². The maximum absolute atomic E-state index is 11.7. The van der Waals surface area contributed by atoms with Crippen LogP contribution < -0.4 is 11.2 Å². The van der Waals surface area contributed by atoms with Crippen molar-refractivity contribution < 1.29 is 0 Å². The Morgan fingerprint density at radius 2 is 2.11 bits per heavy atom. The van der Waals surface area contributed by atoms with Gasteiger partial charge in [0.2, 0.25) is 0 Å². The van der Waals surface area contributed by atoms with E-state index in [0.717, 1.165) is 10.0 Å². The molecule has 2 aromatic rings. The van der Waals surface area contributed by atoms with E-state index in [9.17, 15) is 9.59 Å². The molecule has 0 atom stereocenters. The van der Waals surface area contributed by atoms with Crippen molar-refractivity contribution in [2.45, 2.75) is 6.92 Å². The fourth-order valence-electron chi connectivity index (χ4n) is 1.55. The van der Waals surface area contributed by atoms with Crippen LogP contribution in [0.3, 0.4) is 0 Å². The molecule has 1 heterocycles. The monoisotopic (exact) mass is 305 g/mol. The van der Waals surface area contributed by atoms with Crippen molar-refractivity contribution in [2.75, 3.05) is 0 Å². The van der Waals surface area contributed by atoms with E-state index in [1.54, 1.807) is 18.2 Å². The fraction of sp³-hybridized carbons (Fsp3) is 0.0833. The van der Waals surface area contributed by atoms with Gasteiger partial charge < -0.3 is 0 Å². The molecular formula is C12H8BrN3O2. The van der Waals surface area contributed by atoms with Crippen molar-refractivity contribution in [3.8, 4) is 11.8 Å². The smallest absolute Gasteiger partial charge is 0.273 e. The van der Waals surface area contributed by atoms with E-state index in [2.05, 4.69) is 20.9 Å². The molecule has 0 spiro atoms. The topological polar surface area (TPSA) is 78.7 Å². The molecule has 1 aromatic heterocycles. The van der Waals surface area contributed by atoms with Gasteiger partial charge in [0.15, 0.2) is 0 Å². The zero-order valence-electron chi connectivity index (χ0n) is 9.40. The van der Waals surface area contributed by atoms with E-state index >= 15 is 0 Å². The Hall–Kier alpha value is -2.13. The molecule has 0 aliphatic carbocycles. The van der Waals surface area contributed by atoms with Crippen LogP contribution in [0.25, 0.3) is 5.69 Å². The minimum absolute atomic E-state index is 0.108. The molecule has 0 aliphatic heterocycles. The number of rotatable bonds is 1. The Bertz CT molecular complexity index is 768. The Morgan fingerprint density at radius 3 is 2.78 bits per heavy atom. The summed E-state index contributed by atoms with van der Waals surface area (Å²) in [6.45, 7) is 1.88. The predicted molar refractivity (Wildman–Crippen MR) is 69.8 cm³/mol. The number of nitriles is 1. The maximum atomic E-state index is 11.7. The maximum Gasteiger partial charge on any atom is 0.333 e. The first-order valence-corrected chi connectivity index (χ1v) is 5.85. The summed E-state index contributed by atoms with van der Waals surface area (Å²) >= 11 is 3.38. The molecule has 90 valence electrons. The second-order valence-electron chi connectivity index (χ2n) is 3.69. The molecular weight excluding hydrogens is 298 g/mol. The SMILES string of the molecule is Cc1cccc(-n2cc(C#N)c(=O)[nH]c2=O)c1Br. The van der Waals surface area contributed by atoms with Crippen LogP contribution in [0.15, 0.2) is 38.5 Å². The number of aryl methyl sites for hydroxylation is 1. The Morgan fingerprint density at radius 1 is 1.39 bits per heavy atom. The van der Waals surface area contributed by atoms with Crippen molar-refractivity contribution >= 4 is 15.9 Å². The zero-order chi connectivity index (χ0) is 13.3. The van der Waals surface area contributed by atoms with Gasteiger partial charge in [-0.25, -0.2) is 4.79 Å². The molecule has 0 radical (unpaired) electrons. The summed E-state index contributed by atoms with van der Waals surface area (Å²) in [6, 6.07) is 7.14. The first kappa shape index (κ1) is 12.3. The summed E-state index contributed by atoms with van der Waals surface area (Å²) in [5.41, 5.74) is 0.160. The van der Waals surface area contributed by atoms with Gasteiger partial charge in [-0.2, -0.15) is 5.26 Å². The van der Waals surface area contributed by atoms with E-state index in [1.807, 2.05) is 13.0 Å². The molecule has 0 amide bonds. The highest BCUT2D eigenvalue weighted by atomic mass is 79.9. The van der Waals surface area contributed by atoms with E-state index in [4.69, 9.17) is 5.26 Å². The number of halogens is 1. The summed E-state index contributed by atoms with van der Waals surface area (Å²) in [4.78, 5) is 25.2. The lowest BCUT2D eigenvalue weighted by molar-refractivity contribution is 0.884. The molecule has 1 N–H and O–H groups in total. The molecule has 0 saturated carbocycles. The summed E-state index contributed by atoms with van der Waals surface area (Å²) in [5, 5.41) is 8.81. The normalized spacial score (nSPS) is 10.1. The number of H-pyrrole nitrogens is 1. The summed E-state index contributed by atoms with van der Waals surface area (Å²) in [6.07, 6.45) is 1.24. The summed E-state index contributed by atoms with van der Waals surface area (Å²) in [7, 11) is 0. The van der Waals surface area contributed by atoms with Gasteiger partial charge in [-0.1, -0.05) is 12.1 Å². The van der Waals surface area contributed by atoms with Crippen LogP contribution in [0.5, 0.6) is 0 Å². The van der Waals surface area contributed by atoms with Crippen LogP contribution in [0.1, 0.15) is 11.1 Å². The molecule has 5 nitrogen and oxygen atoms in total. The minimum atomic E-state index is -0.678. The largest absolute Gasteiger partial charge is 0.333 e. The number of benzene rings is 1. The lowest BCUT2D eigenvalue weighted by Gasteiger charge is -2.09. The van der Waals surface area contributed by atoms with Crippen molar-refractivity contribution in [1.29, 1.82) is 5.26 Å². The molecule has 2 rings (SSSR count).